The zero-order valence-electron chi connectivity index (χ0n) is 15.3. The van der Waals surface area contributed by atoms with E-state index in [1.165, 1.54) is 0 Å². The molecule has 3 rings (SSSR count). The molecule has 5 heteroatoms. The number of benzene rings is 3. The molecule has 0 unspecified atom stereocenters. The van der Waals surface area contributed by atoms with E-state index in [9.17, 15) is 4.79 Å². The SMILES string of the molecule is CCOc1cc(C(=O)Nc2ccccc2Oc2ccccc2)ccc1OC. The maximum absolute atomic E-state index is 12.7. The zero-order valence-corrected chi connectivity index (χ0v) is 15.3. The van der Waals surface area contributed by atoms with E-state index in [4.69, 9.17) is 14.2 Å². The number of hydrogen-bond donors (Lipinski definition) is 1. The molecule has 1 N–H and O–H groups in total. The fourth-order valence-electron chi connectivity index (χ4n) is 2.56. The van der Waals surface area contributed by atoms with Crippen molar-refractivity contribution in [2.24, 2.45) is 0 Å². The highest BCUT2D eigenvalue weighted by Gasteiger charge is 2.13. The number of nitrogens with one attached hydrogen (secondary N) is 1. The average Bonchev–Trinajstić information content (AvgIpc) is 2.70. The number of anilines is 1. The molecule has 0 atom stereocenters. The molecule has 27 heavy (non-hydrogen) atoms. The van der Waals surface area contributed by atoms with Crippen LogP contribution < -0.4 is 19.5 Å². The normalized spacial score (nSPS) is 10.1. The van der Waals surface area contributed by atoms with Gasteiger partial charge in [-0.3, -0.25) is 4.79 Å². The molecule has 0 saturated heterocycles. The summed E-state index contributed by atoms with van der Waals surface area (Å²) in [7, 11) is 1.56. The molecule has 0 saturated carbocycles. The Hall–Kier alpha value is -3.47. The number of ether oxygens (including phenoxy) is 3. The van der Waals surface area contributed by atoms with Crippen LogP contribution in [0.5, 0.6) is 23.0 Å². The van der Waals surface area contributed by atoms with Crippen LogP contribution in [0.15, 0.2) is 72.8 Å². The van der Waals surface area contributed by atoms with Crippen LogP contribution in [-0.2, 0) is 0 Å². The molecule has 0 spiro atoms. The van der Waals surface area contributed by atoms with Crippen LogP contribution >= 0.6 is 0 Å². The first-order valence-corrected chi connectivity index (χ1v) is 8.65. The van der Waals surface area contributed by atoms with Gasteiger partial charge in [0, 0.05) is 5.56 Å². The molecular weight excluding hydrogens is 342 g/mol. The van der Waals surface area contributed by atoms with E-state index in [0.29, 0.717) is 40.9 Å². The lowest BCUT2D eigenvalue weighted by atomic mass is 10.1. The molecule has 0 aliphatic rings. The van der Waals surface area contributed by atoms with Crippen LogP contribution in [-0.4, -0.2) is 19.6 Å². The van der Waals surface area contributed by atoms with Crippen molar-refractivity contribution >= 4 is 11.6 Å². The third-order valence-corrected chi connectivity index (χ3v) is 3.83. The van der Waals surface area contributed by atoms with Gasteiger partial charge in [0.25, 0.3) is 5.91 Å². The Morgan fingerprint density at radius 1 is 0.889 bits per heavy atom. The Bertz CT molecular complexity index is 909. The number of para-hydroxylation sites is 3. The number of methoxy groups -OCH3 is 1. The molecule has 0 bridgehead atoms. The third-order valence-electron chi connectivity index (χ3n) is 3.83. The summed E-state index contributed by atoms with van der Waals surface area (Å²) in [4.78, 5) is 12.7. The summed E-state index contributed by atoms with van der Waals surface area (Å²) in [6.07, 6.45) is 0. The largest absolute Gasteiger partial charge is 0.493 e. The summed E-state index contributed by atoms with van der Waals surface area (Å²) < 4.78 is 16.7. The number of rotatable bonds is 7. The van der Waals surface area contributed by atoms with E-state index in [1.54, 1.807) is 31.4 Å². The molecule has 0 aliphatic heterocycles. The lowest BCUT2D eigenvalue weighted by Gasteiger charge is -2.13. The van der Waals surface area contributed by atoms with E-state index < -0.39 is 0 Å². The van der Waals surface area contributed by atoms with Gasteiger partial charge in [-0.1, -0.05) is 30.3 Å². The van der Waals surface area contributed by atoms with Gasteiger partial charge in [-0.25, -0.2) is 0 Å². The Labute approximate surface area is 158 Å². The summed E-state index contributed by atoms with van der Waals surface area (Å²) in [5, 5.41) is 2.89. The minimum atomic E-state index is -0.261. The monoisotopic (exact) mass is 363 g/mol. The molecule has 3 aromatic carbocycles. The zero-order chi connectivity index (χ0) is 19.1. The Kier molecular flexibility index (Phi) is 5.94. The Morgan fingerprint density at radius 3 is 2.37 bits per heavy atom. The molecular formula is C22H21NO4. The summed E-state index contributed by atoms with van der Waals surface area (Å²) >= 11 is 0. The van der Waals surface area contributed by atoms with E-state index in [0.717, 1.165) is 0 Å². The topological polar surface area (TPSA) is 56.8 Å². The van der Waals surface area contributed by atoms with Gasteiger partial charge < -0.3 is 19.5 Å². The fraction of sp³-hybridized carbons (Fsp3) is 0.136. The standard InChI is InChI=1S/C22H21NO4/c1-3-26-21-15-16(13-14-20(21)25-2)22(24)23-18-11-7-8-12-19(18)27-17-9-5-4-6-10-17/h4-15H,3H2,1-2H3,(H,23,24). The lowest BCUT2D eigenvalue weighted by Crippen LogP contribution is -2.13. The highest BCUT2D eigenvalue weighted by Crippen LogP contribution is 2.31. The van der Waals surface area contributed by atoms with Crippen molar-refractivity contribution in [1.29, 1.82) is 0 Å². The maximum atomic E-state index is 12.7. The summed E-state index contributed by atoms with van der Waals surface area (Å²) in [5.41, 5.74) is 1.05. The first-order chi connectivity index (χ1) is 13.2. The maximum Gasteiger partial charge on any atom is 0.255 e. The van der Waals surface area contributed by atoms with Crippen LogP contribution in [0.1, 0.15) is 17.3 Å². The van der Waals surface area contributed by atoms with Gasteiger partial charge >= 0.3 is 0 Å². The summed E-state index contributed by atoms with van der Waals surface area (Å²) in [5.74, 6) is 2.11. The lowest BCUT2D eigenvalue weighted by molar-refractivity contribution is 0.102. The van der Waals surface area contributed by atoms with Crippen LogP contribution in [0.3, 0.4) is 0 Å². The second-order valence-corrected chi connectivity index (χ2v) is 5.66. The minimum Gasteiger partial charge on any atom is -0.493 e. The highest BCUT2D eigenvalue weighted by atomic mass is 16.5. The smallest absolute Gasteiger partial charge is 0.255 e. The van der Waals surface area contributed by atoms with Gasteiger partial charge in [0.05, 0.1) is 19.4 Å². The highest BCUT2D eigenvalue weighted by molar-refractivity contribution is 6.05. The Balaban J connectivity index is 1.81. The van der Waals surface area contributed by atoms with Gasteiger partial charge in [0.1, 0.15) is 5.75 Å². The number of hydrogen-bond acceptors (Lipinski definition) is 4. The molecule has 0 aliphatic carbocycles. The molecule has 0 fully saturated rings. The van der Waals surface area contributed by atoms with Crippen LogP contribution in [0.2, 0.25) is 0 Å². The van der Waals surface area contributed by atoms with Crippen molar-refractivity contribution < 1.29 is 19.0 Å². The molecule has 138 valence electrons. The van der Waals surface area contributed by atoms with Crippen molar-refractivity contribution in [1.82, 2.24) is 0 Å². The molecule has 1 amide bonds. The molecule has 3 aromatic rings. The predicted molar refractivity (Wildman–Crippen MR) is 105 cm³/mol. The van der Waals surface area contributed by atoms with Gasteiger partial charge in [0.2, 0.25) is 0 Å². The minimum absolute atomic E-state index is 0.261. The summed E-state index contributed by atoms with van der Waals surface area (Å²) in [6.45, 7) is 2.36. The number of carbonyl (C=O) groups excluding carboxylic acids is 1. The molecule has 0 heterocycles. The van der Waals surface area contributed by atoms with Crippen molar-refractivity contribution in [3.8, 4) is 23.0 Å². The number of amides is 1. The summed E-state index contributed by atoms with van der Waals surface area (Å²) in [6, 6.07) is 21.8. The Morgan fingerprint density at radius 2 is 1.63 bits per heavy atom. The van der Waals surface area contributed by atoms with Crippen LogP contribution in [0.4, 0.5) is 5.69 Å². The molecule has 5 nitrogen and oxygen atoms in total. The van der Waals surface area contributed by atoms with Gasteiger partial charge in [-0.2, -0.15) is 0 Å². The fourth-order valence-corrected chi connectivity index (χ4v) is 2.56. The van der Waals surface area contributed by atoms with E-state index in [-0.39, 0.29) is 5.91 Å². The van der Waals surface area contributed by atoms with E-state index >= 15 is 0 Å². The van der Waals surface area contributed by atoms with Gasteiger partial charge in [-0.15, -0.1) is 0 Å². The van der Waals surface area contributed by atoms with Gasteiger partial charge in [0.15, 0.2) is 17.2 Å². The average molecular weight is 363 g/mol. The quantitative estimate of drug-likeness (QED) is 0.631. The van der Waals surface area contributed by atoms with Crippen molar-refractivity contribution in [3.05, 3.63) is 78.4 Å². The van der Waals surface area contributed by atoms with Crippen molar-refractivity contribution in [2.45, 2.75) is 6.92 Å². The van der Waals surface area contributed by atoms with E-state index in [1.807, 2.05) is 55.5 Å². The van der Waals surface area contributed by atoms with Crippen molar-refractivity contribution in [3.63, 3.8) is 0 Å². The third kappa shape index (κ3) is 4.58. The van der Waals surface area contributed by atoms with Crippen LogP contribution in [0.25, 0.3) is 0 Å². The number of carbonyl (C=O) groups is 1. The van der Waals surface area contributed by atoms with Crippen LogP contribution in [0, 0.1) is 0 Å². The first kappa shape index (κ1) is 18.3. The second-order valence-electron chi connectivity index (χ2n) is 5.66. The predicted octanol–water partition coefficient (Wildman–Crippen LogP) is 5.14. The second kappa shape index (κ2) is 8.76. The van der Waals surface area contributed by atoms with Crippen molar-refractivity contribution in [2.75, 3.05) is 19.0 Å². The van der Waals surface area contributed by atoms with Gasteiger partial charge in [-0.05, 0) is 49.4 Å². The molecule has 0 aromatic heterocycles. The van der Waals surface area contributed by atoms with E-state index in [2.05, 4.69) is 5.32 Å². The molecule has 0 radical (unpaired) electrons. The first-order valence-electron chi connectivity index (χ1n) is 8.65.